The first kappa shape index (κ1) is 18.4. The standard InChI is InChI=1S/C15H24N2O4S2/c1-3-22(18,19)16-9-6-10-17(12-11-16)23(20,21)13-15-8-5-4-7-14(15)2/h4-5,7-8H,3,6,9-13H2,1-2H3. The molecule has 0 saturated carbocycles. The second-order valence-electron chi connectivity index (χ2n) is 5.73. The third-order valence-electron chi connectivity index (χ3n) is 4.16. The van der Waals surface area contributed by atoms with Gasteiger partial charge < -0.3 is 0 Å². The van der Waals surface area contributed by atoms with Crippen molar-refractivity contribution in [3.63, 3.8) is 0 Å². The lowest BCUT2D eigenvalue weighted by Gasteiger charge is -2.21. The maximum atomic E-state index is 12.6. The van der Waals surface area contributed by atoms with Gasteiger partial charge in [0.05, 0.1) is 11.5 Å². The van der Waals surface area contributed by atoms with Crippen LogP contribution in [0.25, 0.3) is 0 Å². The molecular formula is C15H24N2O4S2. The topological polar surface area (TPSA) is 74.8 Å². The van der Waals surface area contributed by atoms with E-state index >= 15 is 0 Å². The van der Waals surface area contributed by atoms with Crippen molar-refractivity contribution in [3.05, 3.63) is 35.4 Å². The minimum absolute atomic E-state index is 0.0415. The zero-order valence-electron chi connectivity index (χ0n) is 13.6. The SMILES string of the molecule is CCS(=O)(=O)N1CCCN(S(=O)(=O)Cc2ccccc2C)CC1. The average molecular weight is 361 g/mol. The molecular weight excluding hydrogens is 336 g/mol. The highest BCUT2D eigenvalue weighted by Gasteiger charge is 2.29. The molecule has 0 bridgehead atoms. The number of hydrogen-bond acceptors (Lipinski definition) is 4. The third kappa shape index (κ3) is 4.53. The lowest BCUT2D eigenvalue weighted by molar-refractivity contribution is 0.404. The van der Waals surface area contributed by atoms with Gasteiger partial charge in [-0.15, -0.1) is 0 Å². The molecule has 1 aromatic rings. The zero-order chi connectivity index (χ0) is 17.1. The number of sulfonamides is 2. The van der Waals surface area contributed by atoms with Crippen LogP contribution in [0.1, 0.15) is 24.5 Å². The summed E-state index contributed by atoms with van der Waals surface area (Å²) in [7, 11) is -6.71. The fraction of sp³-hybridized carbons (Fsp3) is 0.600. The van der Waals surface area contributed by atoms with Crippen LogP contribution in [0.15, 0.2) is 24.3 Å². The minimum atomic E-state index is -3.45. The molecule has 0 atom stereocenters. The van der Waals surface area contributed by atoms with Crippen molar-refractivity contribution in [1.29, 1.82) is 0 Å². The van der Waals surface area contributed by atoms with E-state index in [0.717, 1.165) is 11.1 Å². The summed E-state index contributed by atoms with van der Waals surface area (Å²) in [5.41, 5.74) is 1.73. The van der Waals surface area contributed by atoms with Crippen molar-refractivity contribution in [2.24, 2.45) is 0 Å². The van der Waals surface area contributed by atoms with Crippen LogP contribution in [0, 0.1) is 6.92 Å². The van der Waals surface area contributed by atoms with Gasteiger partial charge in [0.25, 0.3) is 0 Å². The summed E-state index contributed by atoms with van der Waals surface area (Å²) in [4.78, 5) is 0. The van der Waals surface area contributed by atoms with Gasteiger partial charge in [-0.2, -0.15) is 0 Å². The number of rotatable bonds is 5. The van der Waals surface area contributed by atoms with E-state index in [9.17, 15) is 16.8 Å². The lowest BCUT2D eigenvalue weighted by atomic mass is 10.1. The van der Waals surface area contributed by atoms with E-state index in [1.807, 2.05) is 31.2 Å². The molecule has 8 heteroatoms. The first-order valence-corrected chi connectivity index (χ1v) is 11.0. The molecule has 1 heterocycles. The molecule has 0 spiro atoms. The number of benzene rings is 1. The average Bonchev–Trinajstić information content (AvgIpc) is 2.76. The Bertz CT molecular complexity index is 744. The maximum Gasteiger partial charge on any atom is 0.218 e. The van der Waals surface area contributed by atoms with Gasteiger partial charge in [0.2, 0.25) is 20.0 Å². The molecule has 0 radical (unpaired) electrons. The first-order valence-electron chi connectivity index (χ1n) is 7.76. The highest BCUT2D eigenvalue weighted by molar-refractivity contribution is 7.89. The largest absolute Gasteiger partial charge is 0.218 e. The Morgan fingerprint density at radius 1 is 0.913 bits per heavy atom. The molecule has 1 aliphatic rings. The van der Waals surface area contributed by atoms with E-state index in [0.29, 0.717) is 19.5 Å². The van der Waals surface area contributed by atoms with Gasteiger partial charge in [0.1, 0.15) is 0 Å². The van der Waals surface area contributed by atoms with Gasteiger partial charge in [0.15, 0.2) is 0 Å². The van der Waals surface area contributed by atoms with Crippen molar-refractivity contribution >= 4 is 20.0 Å². The van der Waals surface area contributed by atoms with Crippen LogP contribution >= 0.6 is 0 Å². The molecule has 1 saturated heterocycles. The van der Waals surface area contributed by atoms with Crippen LogP contribution in [-0.2, 0) is 25.8 Å². The van der Waals surface area contributed by atoms with Gasteiger partial charge in [-0.25, -0.2) is 25.4 Å². The molecule has 0 aliphatic carbocycles. The number of aryl methyl sites for hydroxylation is 1. The molecule has 1 aliphatic heterocycles. The summed E-state index contributed by atoms with van der Waals surface area (Å²) in [6.07, 6.45) is 0.520. The Labute approximate surface area is 139 Å². The van der Waals surface area contributed by atoms with Crippen LogP contribution in [-0.4, -0.2) is 57.4 Å². The fourth-order valence-electron chi connectivity index (χ4n) is 2.67. The summed E-state index contributed by atoms with van der Waals surface area (Å²) >= 11 is 0. The van der Waals surface area contributed by atoms with E-state index in [1.165, 1.54) is 8.61 Å². The smallest absolute Gasteiger partial charge is 0.212 e. The van der Waals surface area contributed by atoms with Crippen molar-refractivity contribution in [2.75, 3.05) is 31.9 Å². The lowest BCUT2D eigenvalue weighted by Crippen LogP contribution is -2.38. The normalized spacial score (nSPS) is 18.7. The molecule has 1 fully saturated rings. The quantitative estimate of drug-likeness (QED) is 0.790. The summed E-state index contributed by atoms with van der Waals surface area (Å²) < 4.78 is 52.0. The van der Waals surface area contributed by atoms with E-state index in [2.05, 4.69) is 0 Å². The Morgan fingerprint density at radius 3 is 2.04 bits per heavy atom. The first-order chi connectivity index (χ1) is 10.8. The summed E-state index contributed by atoms with van der Waals surface area (Å²) in [5.74, 6) is 0.00314. The van der Waals surface area contributed by atoms with Crippen LogP contribution in [0.5, 0.6) is 0 Å². The second-order valence-corrected chi connectivity index (χ2v) is 9.96. The van der Waals surface area contributed by atoms with Crippen molar-refractivity contribution in [2.45, 2.75) is 26.0 Å². The molecule has 0 unspecified atom stereocenters. The monoisotopic (exact) mass is 360 g/mol. The highest BCUT2D eigenvalue weighted by Crippen LogP contribution is 2.17. The predicted octanol–water partition coefficient (Wildman–Crippen LogP) is 1.18. The van der Waals surface area contributed by atoms with Crippen LogP contribution in [0.4, 0.5) is 0 Å². The van der Waals surface area contributed by atoms with Crippen molar-refractivity contribution < 1.29 is 16.8 Å². The second kappa shape index (κ2) is 7.29. The molecule has 6 nitrogen and oxygen atoms in total. The zero-order valence-corrected chi connectivity index (χ0v) is 15.2. The third-order valence-corrected chi connectivity index (χ3v) is 7.87. The fourth-order valence-corrected chi connectivity index (χ4v) is 5.47. The maximum absolute atomic E-state index is 12.6. The molecule has 130 valence electrons. The van der Waals surface area contributed by atoms with Gasteiger partial charge in [-0.3, -0.25) is 0 Å². The summed E-state index contributed by atoms with van der Waals surface area (Å²) in [5, 5.41) is 0. The molecule has 0 amide bonds. The Hall–Kier alpha value is -0.960. The number of hydrogen-bond donors (Lipinski definition) is 0. The van der Waals surface area contributed by atoms with Gasteiger partial charge >= 0.3 is 0 Å². The van der Waals surface area contributed by atoms with E-state index in [4.69, 9.17) is 0 Å². The van der Waals surface area contributed by atoms with Crippen LogP contribution in [0.2, 0.25) is 0 Å². The van der Waals surface area contributed by atoms with E-state index in [-0.39, 0.29) is 24.6 Å². The predicted molar refractivity (Wildman–Crippen MR) is 91.0 cm³/mol. The highest BCUT2D eigenvalue weighted by atomic mass is 32.2. The van der Waals surface area contributed by atoms with Crippen molar-refractivity contribution in [1.82, 2.24) is 8.61 Å². The van der Waals surface area contributed by atoms with Gasteiger partial charge in [0, 0.05) is 26.2 Å². The molecule has 0 N–H and O–H groups in total. The molecule has 1 aromatic carbocycles. The summed E-state index contributed by atoms with van der Waals surface area (Å²) in [6, 6.07) is 7.42. The van der Waals surface area contributed by atoms with Gasteiger partial charge in [-0.05, 0) is 31.4 Å². The minimum Gasteiger partial charge on any atom is -0.212 e. The van der Waals surface area contributed by atoms with Gasteiger partial charge in [-0.1, -0.05) is 24.3 Å². The molecule has 2 rings (SSSR count). The Balaban J connectivity index is 2.11. The molecule has 0 aromatic heterocycles. The Kier molecular flexibility index (Phi) is 5.83. The van der Waals surface area contributed by atoms with E-state index in [1.54, 1.807) is 6.92 Å². The van der Waals surface area contributed by atoms with Crippen molar-refractivity contribution in [3.8, 4) is 0 Å². The van der Waals surface area contributed by atoms with Crippen LogP contribution < -0.4 is 0 Å². The van der Waals surface area contributed by atoms with E-state index < -0.39 is 20.0 Å². The van der Waals surface area contributed by atoms with Crippen LogP contribution in [0.3, 0.4) is 0 Å². The molecule has 23 heavy (non-hydrogen) atoms. The number of nitrogens with zero attached hydrogens (tertiary/aromatic N) is 2. The Morgan fingerprint density at radius 2 is 1.48 bits per heavy atom. The summed E-state index contributed by atoms with van der Waals surface area (Å²) in [6.45, 7) is 4.68.